The summed E-state index contributed by atoms with van der Waals surface area (Å²) in [5, 5.41) is 4.67. The first-order valence-corrected chi connectivity index (χ1v) is 7.26. The number of hydrogen-bond acceptors (Lipinski definition) is 5. The summed E-state index contributed by atoms with van der Waals surface area (Å²) in [6.07, 6.45) is 1.60. The Kier molecular flexibility index (Phi) is 3.71. The molecule has 0 fully saturated rings. The topological polar surface area (TPSA) is 65.2 Å². The third-order valence-corrected chi connectivity index (χ3v) is 4.01. The number of halogens is 1. The second-order valence-electron chi connectivity index (χ2n) is 4.13. The summed E-state index contributed by atoms with van der Waals surface area (Å²) >= 11 is 7.52. The van der Waals surface area contributed by atoms with E-state index in [9.17, 15) is 0 Å². The number of nitrogens with two attached hydrogens (primary N) is 1. The molecule has 20 heavy (non-hydrogen) atoms. The van der Waals surface area contributed by atoms with Crippen LogP contribution >= 0.6 is 23.4 Å². The van der Waals surface area contributed by atoms with Crippen molar-refractivity contribution in [3.05, 3.63) is 53.4 Å². The molecule has 0 atom stereocenters. The largest absolute Gasteiger partial charge is 0.461 e. The molecule has 0 bridgehead atoms. The second-order valence-corrected chi connectivity index (χ2v) is 5.58. The van der Waals surface area contributed by atoms with Crippen molar-refractivity contribution in [3.63, 3.8) is 0 Å². The fraction of sp³-hybridized carbons (Fsp3) is 0.0714. The molecule has 0 radical (unpaired) electrons. The number of rotatable bonds is 4. The van der Waals surface area contributed by atoms with E-state index in [-0.39, 0.29) is 0 Å². The van der Waals surface area contributed by atoms with Crippen LogP contribution in [0.3, 0.4) is 0 Å². The summed E-state index contributed by atoms with van der Waals surface area (Å²) in [4.78, 5) is 0.931. The lowest BCUT2D eigenvalue weighted by Crippen LogP contribution is -1.88. The highest BCUT2D eigenvalue weighted by atomic mass is 35.5. The van der Waals surface area contributed by atoms with Crippen molar-refractivity contribution < 1.29 is 8.94 Å². The van der Waals surface area contributed by atoms with E-state index >= 15 is 0 Å². The van der Waals surface area contributed by atoms with Gasteiger partial charge in [-0.25, -0.2) is 0 Å². The zero-order chi connectivity index (χ0) is 13.9. The van der Waals surface area contributed by atoms with Crippen molar-refractivity contribution in [2.75, 3.05) is 5.73 Å². The van der Waals surface area contributed by atoms with Crippen molar-refractivity contribution in [1.82, 2.24) is 5.16 Å². The molecule has 102 valence electrons. The molecule has 4 nitrogen and oxygen atoms in total. The SMILES string of the molecule is Nc1ccc(Cl)cc1SCc1cc(-c2ccco2)on1. The van der Waals surface area contributed by atoms with Crippen LogP contribution in [0.5, 0.6) is 0 Å². The van der Waals surface area contributed by atoms with Gasteiger partial charge in [0.1, 0.15) is 0 Å². The first-order chi connectivity index (χ1) is 9.72. The molecule has 3 aromatic rings. The molecule has 3 rings (SSSR count). The van der Waals surface area contributed by atoms with E-state index in [4.69, 9.17) is 26.3 Å². The smallest absolute Gasteiger partial charge is 0.202 e. The van der Waals surface area contributed by atoms with Crippen LogP contribution < -0.4 is 5.73 Å². The molecule has 0 amide bonds. The van der Waals surface area contributed by atoms with E-state index in [0.29, 0.717) is 28.0 Å². The molecule has 0 spiro atoms. The minimum atomic E-state index is 0.615. The third-order valence-electron chi connectivity index (χ3n) is 2.67. The van der Waals surface area contributed by atoms with Gasteiger partial charge in [0.05, 0.1) is 12.0 Å². The van der Waals surface area contributed by atoms with Crippen molar-refractivity contribution >= 4 is 29.1 Å². The number of furan rings is 1. The Morgan fingerprint density at radius 1 is 1.20 bits per heavy atom. The van der Waals surface area contributed by atoms with Gasteiger partial charge in [0.25, 0.3) is 0 Å². The highest BCUT2D eigenvalue weighted by Crippen LogP contribution is 2.31. The molecule has 2 aromatic heterocycles. The maximum Gasteiger partial charge on any atom is 0.202 e. The monoisotopic (exact) mass is 306 g/mol. The van der Waals surface area contributed by atoms with Gasteiger partial charge in [-0.15, -0.1) is 11.8 Å². The van der Waals surface area contributed by atoms with Gasteiger partial charge in [-0.1, -0.05) is 16.8 Å². The van der Waals surface area contributed by atoms with E-state index in [0.717, 1.165) is 10.6 Å². The minimum Gasteiger partial charge on any atom is -0.461 e. The molecule has 2 heterocycles. The van der Waals surface area contributed by atoms with Gasteiger partial charge in [0, 0.05) is 27.4 Å². The van der Waals surface area contributed by atoms with E-state index in [2.05, 4.69) is 5.16 Å². The summed E-state index contributed by atoms with van der Waals surface area (Å²) in [6, 6.07) is 10.9. The highest BCUT2D eigenvalue weighted by molar-refractivity contribution is 7.98. The van der Waals surface area contributed by atoms with Gasteiger partial charge in [0.2, 0.25) is 5.76 Å². The Labute approximate surface area is 124 Å². The van der Waals surface area contributed by atoms with Gasteiger partial charge in [-0.2, -0.15) is 0 Å². The van der Waals surface area contributed by atoms with Gasteiger partial charge in [-0.05, 0) is 30.3 Å². The molecular formula is C14H11ClN2O2S. The van der Waals surface area contributed by atoms with E-state index < -0.39 is 0 Å². The molecule has 0 aliphatic rings. The summed E-state index contributed by atoms with van der Waals surface area (Å²) in [7, 11) is 0. The van der Waals surface area contributed by atoms with Crippen molar-refractivity contribution in [3.8, 4) is 11.5 Å². The summed E-state index contributed by atoms with van der Waals surface area (Å²) < 4.78 is 10.5. The second kappa shape index (κ2) is 5.64. The Morgan fingerprint density at radius 3 is 2.90 bits per heavy atom. The van der Waals surface area contributed by atoms with E-state index in [1.54, 1.807) is 36.2 Å². The van der Waals surface area contributed by atoms with Gasteiger partial charge in [-0.3, -0.25) is 0 Å². The molecule has 0 saturated carbocycles. The van der Waals surface area contributed by atoms with Gasteiger partial charge < -0.3 is 14.7 Å². The molecule has 0 aliphatic carbocycles. The predicted molar refractivity (Wildman–Crippen MR) is 79.6 cm³/mol. The van der Waals surface area contributed by atoms with Crippen LogP contribution in [0.4, 0.5) is 5.69 Å². The average molecular weight is 307 g/mol. The maximum atomic E-state index is 5.95. The lowest BCUT2D eigenvalue weighted by molar-refractivity contribution is 0.413. The number of anilines is 1. The molecule has 1 aromatic carbocycles. The number of nitrogen functional groups attached to an aromatic ring is 1. The lowest BCUT2D eigenvalue weighted by Gasteiger charge is -2.03. The third kappa shape index (κ3) is 2.84. The first-order valence-electron chi connectivity index (χ1n) is 5.89. The number of benzene rings is 1. The minimum absolute atomic E-state index is 0.615. The number of thioether (sulfide) groups is 1. The van der Waals surface area contributed by atoms with Crippen LogP contribution in [0.2, 0.25) is 5.02 Å². The molecule has 2 N–H and O–H groups in total. The maximum absolute atomic E-state index is 5.95. The zero-order valence-corrected chi connectivity index (χ0v) is 11.9. The standard InChI is InChI=1S/C14H11ClN2O2S/c15-9-3-4-11(16)14(6-9)20-8-10-7-13(19-17-10)12-2-1-5-18-12/h1-7H,8,16H2. The van der Waals surface area contributed by atoms with Crippen LogP contribution in [-0.4, -0.2) is 5.16 Å². The van der Waals surface area contributed by atoms with Crippen LogP contribution in [0.25, 0.3) is 11.5 Å². The Balaban J connectivity index is 1.71. The highest BCUT2D eigenvalue weighted by Gasteiger charge is 2.10. The average Bonchev–Trinajstić information content (AvgIpc) is 3.09. The van der Waals surface area contributed by atoms with E-state index in [1.807, 2.05) is 18.2 Å². The first kappa shape index (κ1) is 13.1. The lowest BCUT2D eigenvalue weighted by atomic mass is 10.3. The Bertz CT molecular complexity index is 710. The molecule has 0 saturated heterocycles. The Morgan fingerprint density at radius 2 is 2.10 bits per heavy atom. The predicted octanol–water partition coefficient (Wildman–Crippen LogP) is 4.46. The zero-order valence-electron chi connectivity index (χ0n) is 10.4. The normalized spacial score (nSPS) is 10.8. The fourth-order valence-corrected chi connectivity index (χ4v) is 2.82. The quantitative estimate of drug-likeness (QED) is 0.569. The summed E-state index contributed by atoms with van der Waals surface area (Å²) in [5.41, 5.74) is 7.42. The van der Waals surface area contributed by atoms with Crippen LogP contribution in [0, 0.1) is 0 Å². The molecule has 0 unspecified atom stereocenters. The van der Waals surface area contributed by atoms with Crippen LogP contribution in [-0.2, 0) is 5.75 Å². The summed E-state index contributed by atoms with van der Waals surface area (Å²) in [6.45, 7) is 0. The number of hydrogen-bond donors (Lipinski definition) is 1. The Hall–Kier alpha value is -1.85. The van der Waals surface area contributed by atoms with Crippen molar-refractivity contribution in [2.24, 2.45) is 0 Å². The molecule has 0 aliphatic heterocycles. The van der Waals surface area contributed by atoms with Crippen molar-refractivity contribution in [1.29, 1.82) is 0 Å². The molecule has 6 heteroatoms. The van der Waals surface area contributed by atoms with Crippen LogP contribution in [0.1, 0.15) is 5.69 Å². The number of aromatic nitrogens is 1. The van der Waals surface area contributed by atoms with Crippen molar-refractivity contribution in [2.45, 2.75) is 10.6 Å². The number of nitrogens with zero attached hydrogens (tertiary/aromatic N) is 1. The fourth-order valence-electron chi connectivity index (χ4n) is 1.70. The van der Waals surface area contributed by atoms with Gasteiger partial charge in [0.15, 0.2) is 5.76 Å². The van der Waals surface area contributed by atoms with Gasteiger partial charge >= 0.3 is 0 Å². The molecular weight excluding hydrogens is 296 g/mol. The summed E-state index contributed by atoms with van der Waals surface area (Å²) in [5.74, 6) is 1.93. The van der Waals surface area contributed by atoms with Crippen LogP contribution in [0.15, 0.2) is 56.5 Å². The van der Waals surface area contributed by atoms with E-state index in [1.165, 1.54) is 0 Å².